The van der Waals surface area contributed by atoms with Gasteiger partial charge in [-0.15, -0.1) is 0 Å². The van der Waals surface area contributed by atoms with Gasteiger partial charge in [0.1, 0.15) is 11.6 Å². The number of carbonyl (C=O) groups excluding carboxylic acids is 1. The number of anilines is 2. The molecule has 0 radical (unpaired) electrons. The lowest BCUT2D eigenvalue weighted by molar-refractivity contribution is -0.116. The molecule has 0 spiro atoms. The minimum atomic E-state index is -3.67. The number of hydrogen-bond donors (Lipinski definition) is 1. The Balaban J connectivity index is 2.00. The highest BCUT2D eigenvalue weighted by molar-refractivity contribution is 7.92. The first kappa shape index (κ1) is 19.7. The fraction of sp³-hybridized carbons (Fsp3) is 0.278. The molecule has 1 amide bonds. The van der Waals surface area contributed by atoms with Gasteiger partial charge in [0.2, 0.25) is 15.9 Å². The first-order valence-corrected chi connectivity index (χ1v) is 9.83. The van der Waals surface area contributed by atoms with Crippen LogP contribution in [0.25, 0.3) is 0 Å². The monoisotopic (exact) mass is 380 g/mol. The molecule has 0 aliphatic carbocycles. The van der Waals surface area contributed by atoms with Crippen molar-refractivity contribution in [1.29, 1.82) is 0 Å². The van der Waals surface area contributed by atoms with Crippen molar-refractivity contribution in [1.82, 2.24) is 0 Å². The maximum atomic E-state index is 13.9. The lowest BCUT2D eigenvalue weighted by Gasteiger charge is -2.22. The predicted molar refractivity (Wildman–Crippen MR) is 99.4 cm³/mol. The molecule has 0 aromatic heterocycles. The van der Waals surface area contributed by atoms with E-state index < -0.39 is 15.8 Å². The zero-order valence-electron chi connectivity index (χ0n) is 14.6. The third kappa shape index (κ3) is 5.19. The lowest BCUT2D eigenvalue weighted by atomic mass is 10.2. The van der Waals surface area contributed by atoms with Crippen LogP contribution in [0.15, 0.2) is 48.5 Å². The molecule has 1 N–H and O–H groups in total. The highest BCUT2D eigenvalue weighted by atomic mass is 32.2. The second-order valence-corrected chi connectivity index (χ2v) is 7.55. The average Bonchev–Trinajstić information content (AvgIpc) is 2.59. The van der Waals surface area contributed by atoms with Crippen molar-refractivity contribution < 1.29 is 22.3 Å². The number of amides is 1. The van der Waals surface area contributed by atoms with Gasteiger partial charge < -0.3 is 10.1 Å². The van der Waals surface area contributed by atoms with Crippen molar-refractivity contribution in [2.24, 2.45) is 0 Å². The molecule has 0 fully saturated rings. The number of benzene rings is 2. The quantitative estimate of drug-likeness (QED) is 0.764. The van der Waals surface area contributed by atoms with Crippen molar-refractivity contribution in [3.63, 3.8) is 0 Å². The van der Waals surface area contributed by atoms with Gasteiger partial charge in [-0.1, -0.05) is 24.3 Å². The fourth-order valence-corrected chi connectivity index (χ4v) is 3.43. The Morgan fingerprint density at radius 1 is 1.15 bits per heavy atom. The molecule has 6 nitrogen and oxygen atoms in total. The van der Waals surface area contributed by atoms with Crippen LogP contribution in [-0.4, -0.2) is 34.2 Å². The van der Waals surface area contributed by atoms with Gasteiger partial charge in [-0.2, -0.15) is 0 Å². The van der Waals surface area contributed by atoms with E-state index in [0.717, 1.165) is 10.6 Å². The maximum Gasteiger partial charge on any atom is 0.232 e. The van der Waals surface area contributed by atoms with E-state index in [1.165, 1.54) is 25.3 Å². The number of methoxy groups -OCH3 is 1. The highest BCUT2D eigenvalue weighted by Gasteiger charge is 2.20. The SMILES string of the molecule is COc1ccccc1NC(=O)CCCN(c1ccccc1F)S(C)(=O)=O. The first-order valence-electron chi connectivity index (χ1n) is 7.98. The van der Waals surface area contributed by atoms with E-state index >= 15 is 0 Å². The Morgan fingerprint density at radius 3 is 2.46 bits per heavy atom. The van der Waals surface area contributed by atoms with Gasteiger partial charge in [0.05, 0.1) is 24.7 Å². The van der Waals surface area contributed by atoms with E-state index in [1.54, 1.807) is 30.3 Å². The summed E-state index contributed by atoms with van der Waals surface area (Å²) in [4.78, 5) is 12.1. The number of sulfonamides is 1. The van der Waals surface area contributed by atoms with Gasteiger partial charge in [0, 0.05) is 13.0 Å². The van der Waals surface area contributed by atoms with Gasteiger partial charge in [-0.3, -0.25) is 9.10 Å². The van der Waals surface area contributed by atoms with E-state index in [9.17, 15) is 17.6 Å². The smallest absolute Gasteiger partial charge is 0.232 e. The summed E-state index contributed by atoms with van der Waals surface area (Å²) in [6, 6.07) is 12.6. The fourth-order valence-electron chi connectivity index (χ4n) is 2.46. The van der Waals surface area contributed by atoms with Crippen LogP contribution in [-0.2, 0) is 14.8 Å². The Kier molecular flexibility index (Phi) is 6.57. The summed E-state index contributed by atoms with van der Waals surface area (Å²) in [7, 11) is -2.16. The molecule has 0 bridgehead atoms. The number of nitrogens with zero attached hydrogens (tertiary/aromatic N) is 1. The maximum absolute atomic E-state index is 13.9. The number of para-hydroxylation sites is 3. The van der Waals surface area contributed by atoms with Crippen molar-refractivity contribution in [2.45, 2.75) is 12.8 Å². The standard InChI is InChI=1S/C18H21FN2O4S/c1-25-17-11-6-4-9-15(17)20-18(22)12-7-13-21(26(2,23)24)16-10-5-3-8-14(16)19/h3-6,8-11H,7,12-13H2,1-2H3,(H,20,22). The number of carbonyl (C=O) groups is 1. The summed E-state index contributed by atoms with van der Waals surface area (Å²) in [5, 5.41) is 2.72. The van der Waals surface area contributed by atoms with Gasteiger partial charge in [0.15, 0.2) is 0 Å². The van der Waals surface area contributed by atoms with Crippen LogP contribution in [0.1, 0.15) is 12.8 Å². The largest absolute Gasteiger partial charge is 0.495 e. The van der Waals surface area contributed by atoms with Crippen LogP contribution in [0.2, 0.25) is 0 Å². The molecule has 26 heavy (non-hydrogen) atoms. The van der Waals surface area contributed by atoms with E-state index in [0.29, 0.717) is 11.4 Å². The van der Waals surface area contributed by atoms with Crippen molar-refractivity contribution in [3.8, 4) is 5.75 Å². The van der Waals surface area contributed by atoms with Crippen molar-refractivity contribution in [3.05, 3.63) is 54.3 Å². The van der Waals surface area contributed by atoms with E-state index in [-0.39, 0.29) is 31.0 Å². The topological polar surface area (TPSA) is 75.7 Å². The lowest BCUT2D eigenvalue weighted by Crippen LogP contribution is -2.32. The number of ether oxygens (including phenoxy) is 1. The van der Waals surface area contributed by atoms with Gasteiger partial charge in [0.25, 0.3) is 0 Å². The Bertz CT molecular complexity index is 871. The molecule has 8 heteroatoms. The van der Waals surface area contributed by atoms with Gasteiger partial charge in [-0.05, 0) is 30.7 Å². The minimum Gasteiger partial charge on any atom is -0.495 e. The zero-order chi connectivity index (χ0) is 19.2. The molecule has 0 saturated carbocycles. The Hall–Kier alpha value is -2.61. The molecule has 2 aromatic carbocycles. The molecule has 0 aliphatic heterocycles. The number of halogens is 1. The summed E-state index contributed by atoms with van der Waals surface area (Å²) in [6.07, 6.45) is 1.33. The van der Waals surface area contributed by atoms with Crippen LogP contribution in [0.4, 0.5) is 15.8 Å². The van der Waals surface area contributed by atoms with Crippen LogP contribution in [0, 0.1) is 5.82 Å². The summed E-state index contributed by atoms with van der Waals surface area (Å²) in [5.74, 6) is -0.377. The van der Waals surface area contributed by atoms with Gasteiger partial charge >= 0.3 is 0 Å². The van der Waals surface area contributed by atoms with E-state index in [4.69, 9.17) is 4.74 Å². The van der Waals surface area contributed by atoms with Crippen molar-refractivity contribution >= 4 is 27.3 Å². The Labute approximate surface area is 152 Å². The molecule has 2 aromatic rings. The summed E-state index contributed by atoms with van der Waals surface area (Å²) in [6.45, 7) is -0.000882. The average molecular weight is 380 g/mol. The second kappa shape index (κ2) is 8.66. The molecule has 0 heterocycles. The molecular weight excluding hydrogens is 359 g/mol. The number of rotatable bonds is 8. The third-order valence-electron chi connectivity index (χ3n) is 3.67. The summed E-state index contributed by atoms with van der Waals surface area (Å²) < 4.78 is 44.0. The van der Waals surface area contributed by atoms with Crippen LogP contribution < -0.4 is 14.4 Å². The van der Waals surface area contributed by atoms with Crippen LogP contribution in [0.5, 0.6) is 5.75 Å². The molecular formula is C18H21FN2O4S. The highest BCUT2D eigenvalue weighted by Crippen LogP contribution is 2.24. The van der Waals surface area contributed by atoms with E-state index in [1.807, 2.05) is 0 Å². The summed E-state index contributed by atoms with van der Waals surface area (Å²) in [5.41, 5.74) is 0.509. The molecule has 2 rings (SSSR count). The van der Waals surface area contributed by atoms with Crippen LogP contribution >= 0.6 is 0 Å². The second-order valence-electron chi connectivity index (χ2n) is 5.64. The first-order chi connectivity index (χ1) is 12.3. The normalized spacial score (nSPS) is 11.0. The zero-order valence-corrected chi connectivity index (χ0v) is 15.4. The third-order valence-corrected chi connectivity index (χ3v) is 4.85. The van der Waals surface area contributed by atoms with Gasteiger partial charge in [-0.25, -0.2) is 12.8 Å². The van der Waals surface area contributed by atoms with Crippen molar-refractivity contribution in [2.75, 3.05) is 29.5 Å². The Morgan fingerprint density at radius 2 is 1.81 bits per heavy atom. The number of hydrogen-bond acceptors (Lipinski definition) is 4. The number of nitrogens with one attached hydrogen (secondary N) is 1. The predicted octanol–water partition coefficient (Wildman–Crippen LogP) is 3.02. The molecule has 140 valence electrons. The molecule has 0 unspecified atom stereocenters. The summed E-state index contributed by atoms with van der Waals surface area (Å²) >= 11 is 0. The molecule has 0 aliphatic rings. The van der Waals surface area contributed by atoms with Crippen LogP contribution in [0.3, 0.4) is 0 Å². The molecule has 0 atom stereocenters. The minimum absolute atomic E-state index is 0.000882. The van der Waals surface area contributed by atoms with E-state index in [2.05, 4.69) is 5.32 Å². The molecule has 0 saturated heterocycles.